The van der Waals surface area contributed by atoms with Crippen LogP contribution in [-0.4, -0.2) is 71.1 Å². The van der Waals surface area contributed by atoms with Crippen LogP contribution < -0.4 is 10.5 Å². The van der Waals surface area contributed by atoms with Crippen LogP contribution in [-0.2, 0) is 16.1 Å². The number of aromatic amines is 1. The number of carbonyl (C=O) groups excluding carboxylic acids is 1. The van der Waals surface area contributed by atoms with Crippen molar-refractivity contribution in [2.24, 2.45) is 5.73 Å². The van der Waals surface area contributed by atoms with E-state index in [1.165, 1.54) is 0 Å². The summed E-state index contributed by atoms with van der Waals surface area (Å²) in [4.78, 5) is 16.3. The largest absolute Gasteiger partial charge is 0.470 e. The minimum absolute atomic E-state index is 0.0151. The molecule has 160 valence electrons. The van der Waals surface area contributed by atoms with E-state index in [1.807, 2.05) is 0 Å². The number of nitrogens with zero attached hydrogens (tertiary/aromatic N) is 3. The highest BCUT2D eigenvalue weighted by atomic mass is 19.1. The Morgan fingerprint density at radius 1 is 1.30 bits per heavy atom. The van der Waals surface area contributed by atoms with Gasteiger partial charge in [0, 0.05) is 25.2 Å². The second-order valence-electron chi connectivity index (χ2n) is 7.44. The fraction of sp³-hybridized carbons (Fsp3) is 0.450. The molecule has 1 aromatic heterocycles. The number of H-pyrrole nitrogens is 1. The number of hydrogen-bond acceptors (Lipinski definition) is 6. The van der Waals surface area contributed by atoms with Crippen molar-refractivity contribution in [1.82, 2.24) is 20.0 Å². The van der Waals surface area contributed by atoms with Crippen LogP contribution >= 0.6 is 0 Å². The molecule has 30 heavy (non-hydrogen) atoms. The molecule has 1 atom stereocenters. The molecule has 1 aromatic carbocycles. The molecule has 0 radical (unpaired) electrons. The maximum Gasteiger partial charge on any atom is 0.269 e. The van der Waals surface area contributed by atoms with Gasteiger partial charge in [-0.05, 0) is 12.0 Å². The summed E-state index contributed by atoms with van der Waals surface area (Å²) in [7, 11) is 0. The fourth-order valence-electron chi connectivity index (χ4n) is 3.60. The molecule has 2 fully saturated rings. The van der Waals surface area contributed by atoms with E-state index in [4.69, 9.17) is 20.6 Å². The predicted molar refractivity (Wildman–Crippen MR) is 107 cm³/mol. The molecule has 2 saturated heterocycles. The summed E-state index contributed by atoms with van der Waals surface area (Å²) >= 11 is 0. The molecule has 0 spiro atoms. The Hall–Kier alpha value is -2.98. The molecule has 0 bridgehead atoms. The molecular formula is C20H25FN6O3. The van der Waals surface area contributed by atoms with E-state index >= 15 is 0 Å². The van der Waals surface area contributed by atoms with Crippen molar-refractivity contribution < 1.29 is 18.7 Å². The lowest BCUT2D eigenvalue weighted by Crippen LogP contribution is -2.51. The highest BCUT2D eigenvalue weighted by Gasteiger charge is 2.38. The molecule has 2 aromatic rings. The quantitative estimate of drug-likeness (QED) is 0.458. The van der Waals surface area contributed by atoms with Gasteiger partial charge in [0.25, 0.3) is 5.88 Å². The van der Waals surface area contributed by atoms with E-state index in [0.29, 0.717) is 38.3 Å². The van der Waals surface area contributed by atoms with Crippen molar-refractivity contribution in [2.75, 3.05) is 39.4 Å². The molecule has 1 unspecified atom stereocenters. The van der Waals surface area contributed by atoms with Gasteiger partial charge in [0.15, 0.2) is 0 Å². The van der Waals surface area contributed by atoms with Gasteiger partial charge in [-0.1, -0.05) is 24.3 Å². The number of likely N-dealkylation sites (tertiary alicyclic amines) is 1. The topological polar surface area (TPSA) is 121 Å². The number of aromatic nitrogens is 2. The first-order valence-electron chi connectivity index (χ1n) is 9.92. The summed E-state index contributed by atoms with van der Waals surface area (Å²) in [5.41, 5.74) is 7.12. The summed E-state index contributed by atoms with van der Waals surface area (Å²) in [6.45, 7) is 3.76. The lowest BCUT2D eigenvalue weighted by atomic mass is 9.99. The highest BCUT2D eigenvalue weighted by Crippen LogP contribution is 2.36. The average molecular weight is 416 g/mol. The molecule has 4 N–H and O–H groups in total. The first kappa shape index (κ1) is 20.3. The Labute approximate surface area is 173 Å². The van der Waals surface area contributed by atoms with Crippen molar-refractivity contribution in [3.05, 3.63) is 46.9 Å². The van der Waals surface area contributed by atoms with Crippen molar-refractivity contribution >= 4 is 11.7 Å². The number of morpholine rings is 1. The molecule has 0 aliphatic carbocycles. The van der Waals surface area contributed by atoms with E-state index in [-0.39, 0.29) is 36.0 Å². The fourth-order valence-corrected chi connectivity index (χ4v) is 3.60. The third kappa shape index (κ3) is 4.29. The minimum atomic E-state index is -0.566. The summed E-state index contributed by atoms with van der Waals surface area (Å²) in [6.07, 6.45) is 0.680. The predicted octanol–water partition coefficient (Wildman–Crippen LogP) is 1.02. The number of benzene rings is 1. The zero-order valence-electron chi connectivity index (χ0n) is 16.6. The van der Waals surface area contributed by atoms with E-state index in [2.05, 4.69) is 15.1 Å². The van der Waals surface area contributed by atoms with E-state index in [0.717, 1.165) is 18.7 Å². The normalized spacial score (nSPS) is 19.4. The van der Waals surface area contributed by atoms with Gasteiger partial charge >= 0.3 is 0 Å². The Morgan fingerprint density at radius 3 is 2.67 bits per heavy atom. The van der Waals surface area contributed by atoms with Crippen LogP contribution in [0.2, 0.25) is 0 Å². The van der Waals surface area contributed by atoms with Crippen LogP contribution in [0.4, 0.5) is 4.39 Å². The second-order valence-corrected chi connectivity index (χ2v) is 7.44. The van der Waals surface area contributed by atoms with Gasteiger partial charge < -0.3 is 20.1 Å². The first-order chi connectivity index (χ1) is 14.5. The summed E-state index contributed by atoms with van der Waals surface area (Å²) in [5.74, 6) is -0.716. The molecule has 0 saturated carbocycles. The van der Waals surface area contributed by atoms with Crippen LogP contribution in [0.25, 0.3) is 0 Å². The zero-order valence-corrected chi connectivity index (χ0v) is 16.6. The standard InChI is InChI=1S/C20H25FN6O3/c21-17-18(15-5-6-27(15)16(28)11-26-7-9-29-10-8-26)24-25-20(17)30-12-13-1-3-14(4-2-13)19(22)23/h1-4,15H,5-12H2,(H3,22,23)(H,24,25). The number of rotatable bonds is 7. The lowest BCUT2D eigenvalue weighted by Gasteiger charge is -2.41. The number of nitrogens with one attached hydrogen (secondary N) is 2. The van der Waals surface area contributed by atoms with Crippen molar-refractivity contribution in [3.63, 3.8) is 0 Å². The number of ether oxygens (including phenoxy) is 2. The molecule has 9 nitrogen and oxygen atoms in total. The number of halogens is 1. The summed E-state index contributed by atoms with van der Waals surface area (Å²) < 4.78 is 25.7. The number of amides is 1. The van der Waals surface area contributed by atoms with E-state index < -0.39 is 5.82 Å². The highest BCUT2D eigenvalue weighted by molar-refractivity contribution is 5.94. The Balaban J connectivity index is 1.35. The van der Waals surface area contributed by atoms with Gasteiger partial charge in [0.05, 0.1) is 31.5 Å². The number of nitrogen functional groups attached to an aromatic ring is 1. The maximum absolute atomic E-state index is 14.8. The van der Waals surface area contributed by atoms with Gasteiger partial charge in [0.2, 0.25) is 11.7 Å². The SMILES string of the molecule is N=C(N)c1ccc(COc2n[nH]c(C3CCN3C(=O)CN3CCOCC3)c2F)cc1. The maximum atomic E-state index is 14.8. The third-order valence-electron chi connectivity index (χ3n) is 5.48. The Kier molecular flexibility index (Phi) is 5.96. The van der Waals surface area contributed by atoms with Gasteiger partial charge in [0.1, 0.15) is 12.4 Å². The number of hydrogen-bond donors (Lipinski definition) is 3. The van der Waals surface area contributed by atoms with Crippen LogP contribution in [0.3, 0.4) is 0 Å². The van der Waals surface area contributed by atoms with Crippen LogP contribution in [0.5, 0.6) is 5.88 Å². The minimum Gasteiger partial charge on any atom is -0.470 e. The monoisotopic (exact) mass is 416 g/mol. The Bertz CT molecular complexity index is 910. The van der Waals surface area contributed by atoms with Gasteiger partial charge in [-0.2, -0.15) is 4.39 Å². The van der Waals surface area contributed by atoms with Gasteiger partial charge in [-0.15, -0.1) is 5.10 Å². The van der Waals surface area contributed by atoms with Crippen molar-refractivity contribution in [1.29, 1.82) is 5.41 Å². The van der Waals surface area contributed by atoms with Crippen molar-refractivity contribution in [2.45, 2.75) is 19.1 Å². The summed E-state index contributed by atoms with van der Waals surface area (Å²) in [6, 6.07) is 6.60. The molecule has 3 heterocycles. The first-order valence-corrected chi connectivity index (χ1v) is 9.92. The zero-order chi connectivity index (χ0) is 21.1. The average Bonchev–Trinajstić information content (AvgIpc) is 3.06. The molecule has 10 heteroatoms. The van der Waals surface area contributed by atoms with Crippen LogP contribution in [0, 0.1) is 11.2 Å². The molecule has 2 aliphatic rings. The van der Waals surface area contributed by atoms with E-state index in [9.17, 15) is 9.18 Å². The van der Waals surface area contributed by atoms with Crippen LogP contribution in [0.15, 0.2) is 24.3 Å². The molecular weight excluding hydrogens is 391 g/mol. The van der Waals surface area contributed by atoms with Crippen LogP contribution in [0.1, 0.15) is 29.3 Å². The number of carbonyl (C=O) groups is 1. The smallest absolute Gasteiger partial charge is 0.269 e. The third-order valence-corrected chi connectivity index (χ3v) is 5.48. The lowest BCUT2D eigenvalue weighted by molar-refractivity contribution is -0.141. The molecule has 2 aliphatic heterocycles. The number of nitrogens with two attached hydrogens (primary N) is 1. The Morgan fingerprint density at radius 2 is 2.03 bits per heavy atom. The van der Waals surface area contributed by atoms with Gasteiger partial charge in [-0.25, -0.2) is 0 Å². The summed E-state index contributed by atoms with van der Waals surface area (Å²) in [5, 5.41) is 14.1. The molecule has 1 amide bonds. The second kappa shape index (κ2) is 8.80. The van der Waals surface area contributed by atoms with E-state index in [1.54, 1.807) is 29.2 Å². The molecule has 4 rings (SSSR count). The number of amidine groups is 1. The van der Waals surface area contributed by atoms with Gasteiger partial charge in [-0.3, -0.25) is 20.2 Å². The van der Waals surface area contributed by atoms with Crippen molar-refractivity contribution in [3.8, 4) is 5.88 Å².